The molecule has 0 bridgehead atoms. The van der Waals surface area contributed by atoms with Crippen LogP contribution in [0, 0.1) is 5.92 Å². The standard InChI is InChI=1S/C26H29NOS/c1-21-14-16-27(17-15-21)29-26-12-10-23(11-13-26)20-28-25-9-5-8-24(19-25)18-22-6-3-2-4-7-22/h2-13,19,21H,14-18,20H2,1H3. The zero-order chi connectivity index (χ0) is 19.9. The summed E-state index contributed by atoms with van der Waals surface area (Å²) in [6.07, 6.45) is 3.55. The van der Waals surface area contributed by atoms with Gasteiger partial charge in [-0.3, -0.25) is 0 Å². The van der Waals surface area contributed by atoms with Crippen molar-refractivity contribution in [3.05, 3.63) is 95.6 Å². The third-order valence-corrected chi connectivity index (χ3v) is 6.56. The fourth-order valence-electron chi connectivity index (χ4n) is 3.62. The van der Waals surface area contributed by atoms with Crippen molar-refractivity contribution in [2.45, 2.75) is 37.7 Å². The van der Waals surface area contributed by atoms with Crippen LogP contribution in [0.4, 0.5) is 0 Å². The summed E-state index contributed by atoms with van der Waals surface area (Å²) in [5.74, 6) is 1.80. The highest BCUT2D eigenvalue weighted by Gasteiger charge is 2.16. The third kappa shape index (κ3) is 6.12. The van der Waals surface area contributed by atoms with E-state index in [0.29, 0.717) is 6.61 Å². The molecule has 4 rings (SSSR count). The van der Waals surface area contributed by atoms with Gasteiger partial charge in [-0.15, -0.1) is 0 Å². The van der Waals surface area contributed by atoms with Crippen molar-refractivity contribution in [1.29, 1.82) is 0 Å². The average Bonchev–Trinajstić information content (AvgIpc) is 2.76. The molecule has 1 aliphatic rings. The normalized spacial score (nSPS) is 15.3. The Morgan fingerprint density at radius 3 is 2.31 bits per heavy atom. The van der Waals surface area contributed by atoms with Crippen molar-refractivity contribution in [2.75, 3.05) is 13.1 Å². The highest BCUT2D eigenvalue weighted by atomic mass is 32.2. The molecular formula is C26H29NOS. The molecule has 1 heterocycles. The van der Waals surface area contributed by atoms with Crippen molar-refractivity contribution < 1.29 is 4.74 Å². The fraction of sp³-hybridized carbons (Fsp3) is 0.308. The summed E-state index contributed by atoms with van der Waals surface area (Å²) in [5, 5.41) is 0. The van der Waals surface area contributed by atoms with Crippen molar-refractivity contribution >= 4 is 11.9 Å². The number of benzene rings is 3. The summed E-state index contributed by atoms with van der Waals surface area (Å²) >= 11 is 1.89. The molecule has 150 valence electrons. The van der Waals surface area contributed by atoms with Gasteiger partial charge in [-0.25, -0.2) is 4.31 Å². The molecule has 0 radical (unpaired) electrons. The second-order valence-corrected chi connectivity index (χ2v) is 9.12. The van der Waals surface area contributed by atoms with Crippen LogP contribution in [-0.4, -0.2) is 17.4 Å². The van der Waals surface area contributed by atoms with E-state index in [4.69, 9.17) is 4.74 Å². The van der Waals surface area contributed by atoms with E-state index in [0.717, 1.165) is 18.1 Å². The Labute approximate surface area is 179 Å². The van der Waals surface area contributed by atoms with Crippen LogP contribution in [0.2, 0.25) is 0 Å². The number of hydrogen-bond acceptors (Lipinski definition) is 3. The van der Waals surface area contributed by atoms with Crippen molar-refractivity contribution in [2.24, 2.45) is 5.92 Å². The second-order valence-electron chi connectivity index (χ2n) is 7.95. The summed E-state index contributed by atoms with van der Waals surface area (Å²) in [7, 11) is 0. The van der Waals surface area contributed by atoms with E-state index in [9.17, 15) is 0 Å². The van der Waals surface area contributed by atoms with E-state index in [2.05, 4.69) is 84.0 Å². The molecule has 3 heteroatoms. The molecule has 2 nitrogen and oxygen atoms in total. The minimum Gasteiger partial charge on any atom is -0.489 e. The van der Waals surface area contributed by atoms with Gasteiger partial charge in [0.1, 0.15) is 12.4 Å². The van der Waals surface area contributed by atoms with Crippen molar-refractivity contribution in [1.82, 2.24) is 4.31 Å². The van der Waals surface area contributed by atoms with Gasteiger partial charge in [0.2, 0.25) is 0 Å². The predicted molar refractivity (Wildman–Crippen MR) is 122 cm³/mol. The molecule has 1 fully saturated rings. The third-order valence-electron chi connectivity index (χ3n) is 5.46. The molecule has 3 aromatic rings. The van der Waals surface area contributed by atoms with Crippen LogP contribution in [0.3, 0.4) is 0 Å². The Bertz CT molecular complexity index is 886. The molecular weight excluding hydrogens is 374 g/mol. The van der Waals surface area contributed by atoms with E-state index >= 15 is 0 Å². The maximum atomic E-state index is 6.05. The van der Waals surface area contributed by atoms with Crippen LogP contribution in [-0.2, 0) is 13.0 Å². The Morgan fingerprint density at radius 2 is 1.55 bits per heavy atom. The molecule has 0 aromatic heterocycles. The van der Waals surface area contributed by atoms with E-state index in [1.807, 2.05) is 18.0 Å². The Kier molecular flexibility index (Phi) is 6.91. The van der Waals surface area contributed by atoms with Crippen LogP contribution in [0.1, 0.15) is 36.5 Å². The number of ether oxygens (including phenoxy) is 1. The predicted octanol–water partition coefficient (Wildman–Crippen LogP) is 6.60. The molecule has 3 aromatic carbocycles. The van der Waals surface area contributed by atoms with Crippen LogP contribution >= 0.6 is 11.9 Å². The first kappa shape index (κ1) is 20.1. The lowest BCUT2D eigenvalue weighted by atomic mass is 10.0. The number of nitrogens with zero attached hydrogens (tertiary/aromatic N) is 1. The topological polar surface area (TPSA) is 12.5 Å². The van der Waals surface area contributed by atoms with E-state index < -0.39 is 0 Å². The number of hydrogen-bond donors (Lipinski definition) is 0. The highest BCUT2D eigenvalue weighted by molar-refractivity contribution is 7.97. The van der Waals surface area contributed by atoms with Gasteiger partial charge in [-0.1, -0.05) is 61.5 Å². The lowest BCUT2D eigenvalue weighted by Crippen LogP contribution is -2.27. The van der Waals surface area contributed by atoms with Gasteiger partial charge in [0.25, 0.3) is 0 Å². The summed E-state index contributed by atoms with van der Waals surface area (Å²) in [4.78, 5) is 1.31. The molecule has 0 amide bonds. The number of rotatable bonds is 7. The smallest absolute Gasteiger partial charge is 0.120 e. The first-order valence-electron chi connectivity index (χ1n) is 10.5. The van der Waals surface area contributed by atoms with Gasteiger partial charge in [0.15, 0.2) is 0 Å². The molecule has 1 saturated heterocycles. The first-order chi connectivity index (χ1) is 14.2. The van der Waals surface area contributed by atoms with Gasteiger partial charge in [0.05, 0.1) is 0 Å². The second kappa shape index (κ2) is 10.00. The zero-order valence-electron chi connectivity index (χ0n) is 17.1. The molecule has 0 spiro atoms. The molecule has 29 heavy (non-hydrogen) atoms. The van der Waals surface area contributed by atoms with E-state index in [1.54, 1.807) is 0 Å². The van der Waals surface area contributed by atoms with Crippen molar-refractivity contribution in [3.63, 3.8) is 0 Å². The molecule has 0 atom stereocenters. The van der Waals surface area contributed by atoms with E-state index in [1.165, 1.54) is 47.5 Å². The van der Waals surface area contributed by atoms with Crippen LogP contribution < -0.4 is 4.74 Å². The highest BCUT2D eigenvalue weighted by Crippen LogP contribution is 2.28. The minimum absolute atomic E-state index is 0.598. The van der Waals surface area contributed by atoms with Crippen molar-refractivity contribution in [3.8, 4) is 5.75 Å². The maximum absolute atomic E-state index is 6.05. The monoisotopic (exact) mass is 403 g/mol. The van der Waals surface area contributed by atoms with Gasteiger partial charge in [0, 0.05) is 18.0 Å². The average molecular weight is 404 g/mol. The lowest BCUT2D eigenvalue weighted by Gasteiger charge is -2.28. The van der Waals surface area contributed by atoms with Gasteiger partial charge in [-0.05, 0) is 78.1 Å². The van der Waals surface area contributed by atoms with E-state index in [-0.39, 0.29) is 0 Å². The van der Waals surface area contributed by atoms with Crippen LogP contribution in [0.25, 0.3) is 0 Å². The Morgan fingerprint density at radius 1 is 0.828 bits per heavy atom. The maximum Gasteiger partial charge on any atom is 0.120 e. The summed E-state index contributed by atoms with van der Waals surface area (Å²) in [5.41, 5.74) is 3.80. The van der Waals surface area contributed by atoms with Gasteiger partial charge < -0.3 is 4.74 Å². The first-order valence-corrected chi connectivity index (χ1v) is 11.3. The SMILES string of the molecule is CC1CCN(Sc2ccc(COc3cccc(Cc4ccccc4)c3)cc2)CC1. The van der Waals surface area contributed by atoms with Crippen LogP contribution in [0.15, 0.2) is 83.8 Å². The molecule has 0 N–H and O–H groups in total. The summed E-state index contributed by atoms with van der Waals surface area (Å²) in [6.45, 7) is 5.33. The van der Waals surface area contributed by atoms with Gasteiger partial charge in [-0.2, -0.15) is 0 Å². The minimum atomic E-state index is 0.598. The molecule has 1 aliphatic heterocycles. The largest absolute Gasteiger partial charge is 0.489 e. The fourth-order valence-corrected chi connectivity index (χ4v) is 4.56. The molecule has 0 saturated carbocycles. The van der Waals surface area contributed by atoms with Gasteiger partial charge >= 0.3 is 0 Å². The summed E-state index contributed by atoms with van der Waals surface area (Å²) in [6, 6.07) is 27.8. The lowest BCUT2D eigenvalue weighted by molar-refractivity contribution is 0.305. The molecule has 0 unspecified atom stereocenters. The number of piperidine rings is 1. The zero-order valence-corrected chi connectivity index (χ0v) is 17.9. The molecule has 0 aliphatic carbocycles. The Balaban J connectivity index is 1.29. The quantitative estimate of drug-likeness (QED) is 0.413. The van der Waals surface area contributed by atoms with Crippen LogP contribution in [0.5, 0.6) is 5.75 Å². The summed E-state index contributed by atoms with van der Waals surface area (Å²) < 4.78 is 8.54. The Hall–Kier alpha value is -2.23.